The van der Waals surface area contributed by atoms with E-state index in [-0.39, 0.29) is 66.9 Å². The number of rotatable bonds is 5. The van der Waals surface area contributed by atoms with Gasteiger partial charge in [0, 0.05) is 32.7 Å². The van der Waals surface area contributed by atoms with Crippen molar-refractivity contribution < 1.29 is 79.0 Å². The first-order valence-electron chi connectivity index (χ1n) is 22.0. The molecule has 0 amide bonds. The fourth-order valence-electron chi connectivity index (χ4n) is 9.64. The van der Waals surface area contributed by atoms with Crippen LogP contribution in [-0.2, 0) is 37.1 Å². The summed E-state index contributed by atoms with van der Waals surface area (Å²) in [6, 6.07) is 24.8. The van der Waals surface area contributed by atoms with E-state index in [9.17, 15) is 57.9 Å². The number of nitrogens with zero attached hydrogens (tertiary/aromatic N) is 3. The van der Waals surface area contributed by atoms with E-state index in [1.165, 1.54) is 60.7 Å². The Labute approximate surface area is 414 Å². The lowest BCUT2D eigenvalue weighted by molar-refractivity contribution is -0.144. The molecular formula is C55H25F18N3. The lowest BCUT2D eigenvalue weighted by Gasteiger charge is -2.25. The van der Waals surface area contributed by atoms with Gasteiger partial charge in [0.15, 0.2) is 0 Å². The molecule has 0 unspecified atom stereocenters. The Bertz CT molecular complexity index is 3730. The first-order chi connectivity index (χ1) is 35.4. The Morgan fingerprint density at radius 3 is 0.974 bits per heavy atom. The van der Waals surface area contributed by atoms with Crippen LogP contribution in [0.1, 0.15) is 38.9 Å². The van der Waals surface area contributed by atoms with Crippen LogP contribution in [0.2, 0.25) is 0 Å². The first kappa shape index (κ1) is 51.1. The molecule has 0 bridgehead atoms. The van der Waals surface area contributed by atoms with E-state index in [1.54, 1.807) is 0 Å². The minimum absolute atomic E-state index is 0.00969. The maximum Gasteiger partial charge on any atom is 0.417 e. The third-order valence-corrected chi connectivity index (χ3v) is 12.8. The molecule has 0 aliphatic rings. The number of hydrogen-bond donors (Lipinski definition) is 0. The molecule has 0 fully saturated rings. The highest BCUT2D eigenvalue weighted by atomic mass is 19.4. The third-order valence-electron chi connectivity index (χ3n) is 12.8. The zero-order chi connectivity index (χ0) is 54.8. The van der Waals surface area contributed by atoms with Crippen molar-refractivity contribution in [3.63, 3.8) is 0 Å². The Morgan fingerprint density at radius 2 is 0.645 bits per heavy atom. The topological polar surface area (TPSA) is 33.6 Å². The molecule has 0 N–H and O–H groups in total. The Kier molecular flexibility index (Phi) is 11.6. The van der Waals surface area contributed by atoms with Crippen molar-refractivity contribution in [3.8, 4) is 50.8 Å². The minimum atomic E-state index is -5.61. The lowest BCUT2D eigenvalue weighted by atomic mass is 9.89. The lowest BCUT2D eigenvalue weighted by Crippen LogP contribution is -2.16. The quantitative estimate of drug-likeness (QED) is 0.158. The van der Waals surface area contributed by atoms with Crippen LogP contribution in [0.25, 0.3) is 88.4 Å². The first-order valence-corrected chi connectivity index (χ1v) is 22.0. The summed E-state index contributed by atoms with van der Waals surface area (Å²) in [4.78, 5) is 0. The average molecular weight is 1070 g/mol. The fourth-order valence-corrected chi connectivity index (χ4v) is 9.64. The number of nitriles is 1. The zero-order valence-corrected chi connectivity index (χ0v) is 37.6. The molecule has 2 heterocycles. The molecule has 2 aromatic heterocycles. The van der Waals surface area contributed by atoms with Gasteiger partial charge in [-0.3, -0.25) is 0 Å². The van der Waals surface area contributed by atoms with Gasteiger partial charge >= 0.3 is 37.1 Å². The van der Waals surface area contributed by atoms with Crippen LogP contribution in [0.15, 0.2) is 152 Å². The second-order valence-corrected chi connectivity index (χ2v) is 17.5. The van der Waals surface area contributed by atoms with Gasteiger partial charge in [0.1, 0.15) is 0 Å². The van der Waals surface area contributed by atoms with Crippen LogP contribution in [0.4, 0.5) is 79.0 Å². The average Bonchev–Trinajstić information content (AvgIpc) is 3.88. The van der Waals surface area contributed by atoms with Crippen LogP contribution < -0.4 is 0 Å². The summed E-state index contributed by atoms with van der Waals surface area (Å²) in [6.07, 6.45) is -32.5. The molecule has 386 valence electrons. The van der Waals surface area contributed by atoms with Crippen molar-refractivity contribution in [2.45, 2.75) is 37.1 Å². The van der Waals surface area contributed by atoms with Crippen molar-refractivity contribution in [2.24, 2.45) is 0 Å². The number of halogens is 18. The number of para-hydroxylation sites is 2. The molecule has 0 saturated heterocycles. The largest absolute Gasteiger partial charge is 0.417 e. The van der Waals surface area contributed by atoms with Gasteiger partial charge in [-0.05, 0) is 107 Å². The summed E-state index contributed by atoms with van der Waals surface area (Å²) in [5.41, 5.74) is -17.2. The highest BCUT2D eigenvalue weighted by Gasteiger charge is 2.44. The van der Waals surface area contributed by atoms with Gasteiger partial charge in [-0.2, -0.15) is 84.3 Å². The minimum Gasteiger partial charge on any atom is -0.308 e. The van der Waals surface area contributed by atoms with E-state index in [1.807, 2.05) is 6.07 Å². The number of fused-ring (bicyclic) bond motifs is 6. The Balaban J connectivity index is 1.40. The summed E-state index contributed by atoms with van der Waals surface area (Å²) < 4.78 is 266. The predicted molar refractivity (Wildman–Crippen MR) is 246 cm³/mol. The molecule has 0 aliphatic carbocycles. The van der Waals surface area contributed by atoms with Gasteiger partial charge in [-0.1, -0.05) is 66.7 Å². The molecule has 0 radical (unpaired) electrons. The van der Waals surface area contributed by atoms with Crippen molar-refractivity contribution in [1.29, 1.82) is 5.26 Å². The van der Waals surface area contributed by atoms with E-state index in [0.29, 0.717) is 42.5 Å². The maximum absolute atomic E-state index is 15.6. The van der Waals surface area contributed by atoms with Crippen molar-refractivity contribution >= 4 is 43.6 Å². The highest BCUT2D eigenvalue weighted by Crippen LogP contribution is 2.52. The van der Waals surface area contributed by atoms with Crippen LogP contribution >= 0.6 is 0 Å². The van der Waals surface area contributed by atoms with E-state index in [0.717, 1.165) is 45.5 Å². The van der Waals surface area contributed by atoms with Gasteiger partial charge in [0.2, 0.25) is 0 Å². The number of benzene rings is 8. The van der Waals surface area contributed by atoms with Crippen molar-refractivity contribution in [3.05, 3.63) is 191 Å². The van der Waals surface area contributed by atoms with Gasteiger partial charge in [-0.25, -0.2) is 0 Å². The normalized spacial score (nSPS) is 13.1. The molecular weight excluding hydrogens is 1040 g/mol. The van der Waals surface area contributed by atoms with Gasteiger partial charge in [0.05, 0.1) is 78.5 Å². The Morgan fingerprint density at radius 1 is 0.303 bits per heavy atom. The number of alkyl halides is 18. The second kappa shape index (κ2) is 17.3. The molecule has 8 aromatic carbocycles. The van der Waals surface area contributed by atoms with Crippen molar-refractivity contribution in [1.82, 2.24) is 9.13 Å². The predicted octanol–water partition coefficient (Wildman–Crippen LogP) is 18.9. The summed E-state index contributed by atoms with van der Waals surface area (Å²) in [5, 5.41) is 11.4. The fraction of sp³-hybridized carbons (Fsp3) is 0.109. The zero-order valence-electron chi connectivity index (χ0n) is 37.6. The molecule has 0 atom stereocenters. The molecule has 21 heteroatoms. The van der Waals surface area contributed by atoms with E-state index in [2.05, 4.69) is 0 Å². The number of aromatic nitrogens is 2. The van der Waals surface area contributed by atoms with Crippen LogP contribution in [0.3, 0.4) is 0 Å². The van der Waals surface area contributed by atoms with Gasteiger partial charge < -0.3 is 9.13 Å². The second-order valence-electron chi connectivity index (χ2n) is 17.5. The number of hydrogen-bond acceptors (Lipinski definition) is 1. The van der Waals surface area contributed by atoms with E-state index < -0.39 is 110 Å². The SMILES string of the molecule is N#Cc1cc(-n2c3ccccc3c3ccc(-c4cc(C(F)(F)F)cc(C(F)(F)F)c4)cc32)c(-c2c(C(F)(F)F)cccc2C(F)(F)F)c(-n2c3ccccc3c3ccc(-c4cc(C(F)(F)F)cc(C(F)(F)F)c4)cc32)c1. The molecule has 0 spiro atoms. The smallest absolute Gasteiger partial charge is 0.308 e. The molecule has 10 rings (SSSR count). The summed E-state index contributed by atoms with van der Waals surface area (Å²) in [5.74, 6) is 0. The van der Waals surface area contributed by atoms with Crippen LogP contribution in [0, 0.1) is 11.3 Å². The maximum atomic E-state index is 15.6. The van der Waals surface area contributed by atoms with E-state index >= 15 is 26.3 Å². The highest BCUT2D eigenvalue weighted by molar-refractivity contribution is 6.13. The molecule has 10 aromatic rings. The monoisotopic (exact) mass is 1070 g/mol. The molecule has 0 saturated carbocycles. The third kappa shape index (κ3) is 8.88. The van der Waals surface area contributed by atoms with Gasteiger partial charge in [0.25, 0.3) is 0 Å². The summed E-state index contributed by atoms with van der Waals surface area (Å²) >= 11 is 0. The standard InChI is InChI=1S/C55H25F18N3/c56-50(57,58)32-18-30(19-33(24-32)51(59,60)61)28-12-14-38-36-6-1-3-10-42(36)75(44(38)22-28)46-16-27(26-74)17-47(49(46)48-40(54(68,69)70)8-5-9-41(48)55(71,72)73)76-43-11-4-2-7-37(43)39-15-13-29(23-45(39)76)31-20-34(52(62,63)64)25-35(21-31)53(65,66)67/h1-25H. The summed E-state index contributed by atoms with van der Waals surface area (Å²) in [6.45, 7) is 0. The molecule has 0 aliphatic heterocycles. The molecule has 76 heavy (non-hydrogen) atoms. The van der Waals surface area contributed by atoms with Crippen molar-refractivity contribution in [2.75, 3.05) is 0 Å². The Hall–Kier alpha value is -8.41. The van der Waals surface area contributed by atoms with E-state index in [4.69, 9.17) is 0 Å². The molecule has 3 nitrogen and oxygen atoms in total. The van der Waals surface area contributed by atoms with Gasteiger partial charge in [-0.15, -0.1) is 0 Å². The van der Waals surface area contributed by atoms with Crippen LogP contribution in [-0.4, -0.2) is 9.13 Å². The summed E-state index contributed by atoms with van der Waals surface area (Å²) in [7, 11) is 0. The van der Waals surface area contributed by atoms with Crippen LogP contribution in [0.5, 0.6) is 0 Å².